The van der Waals surface area contributed by atoms with E-state index >= 15 is 4.39 Å². The number of anilines is 1. The molecule has 0 saturated heterocycles. The molecule has 30 heavy (non-hydrogen) atoms. The number of nitrogens with zero attached hydrogens (tertiary/aromatic N) is 2. The Hall–Kier alpha value is -3.10. The minimum atomic E-state index is -0.821. The number of carbonyl (C=O) groups excluding carboxylic acids is 1. The molecule has 0 saturated carbocycles. The Morgan fingerprint density at radius 2 is 2.07 bits per heavy atom. The number of halogens is 2. The van der Waals surface area contributed by atoms with Gasteiger partial charge in [-0.3, -0.25) is 9.89 Å². The van der Waals surface area contributed by atoms with Crippen LogP contribution in [0, 0.1) is 5.82 Å². The predicted molar refractivity (Wildman–Crippen MR) is 116 cm³/mol. The number of rotatable bonds is 6. The van der Waals surface area contributed by atoms with E-state index in [2.05, 4.69) is 20.5 Å². The normalized spacial score (nSPS) is 10.9. The Balaban J connectivity index is 1.57. The maximum absolute atomic E-state index is 15.0. The fraction of sp³-hybridized carbons (Fsp3) is 0.0952. The summed E-state index contributed by atoms with van der Waals surface area (Å²) >= 11 is 7.56. The van der Waals surface area contributed by atoms with E-state index in [0.29, 0.717) is 11.3 Å². The van der Waals surface area contributed by atoms with E-state index in [0.717, 1.165) is 16.0 Å². The average Bonchev–Trinajstić information content (AvgIpc) is 3.16. The first-order chi connectivity index (χ1) is 14.6. The largest absolute Gasteiger partial charge is 0.486 e. The topological polar surface area (TPSA) is 79.9 Å². The van der Waals surface area contributed by atoms with Crippen LogP contribution in [0.4, 0.5) is 10.1 Å². The molecule has 9 heteroatoms. The highest BCUT2D eigenvalue weighted by atomic mass is 35.5. The van der Waals surface area contributed by atoms with Gasteiger partial charge in [0.1, 0.15) is 11.6 Å². The fourth-order valence-corrected chi connectivity index (χ4v) is 3.63. The van der Waals surface area contributed by atoms with E-state index in [1.165, 1.54) is 30.1 Å². The van der Waals surface area contributed by atoms with Gasteiger partial charge < -0.3 is 10.1 Å². The molecule has 4 aromatic rings. The van der Waals surface area contributed by atoms with E-state index in [9.17, 15) is 4.79 Å². The van der Waals surface area contributed by atoms with Crippen LogP contribution in [0.3, 0.4) is 0 Å². The Kier molecular flexibility index (Phi) is 5.87. The standard InChI is InChI=1S/C21H16ClFN4O2S/c1-30-21-14-9-13(10-24-19(14)26-27-21)25-20(28)17-15(22)7-8-16(18(17)23)29-11-12-5-3-2-4-6-12/h2-10H,11H2,1H3,(H,25,28)(H,24,26,27). The number of aromatic nitrogens is 3. The molecule has 2 heterocycles. The van der Waals surface area contributed by atoms with Crippen LogP contribution in [0.15, 0.2) is 59.8 Å². The number of fused-ring (bicyclic) bond motifs is 1. The minimum Gasteiger partial charge on any atom is -0.486 e. The van der Waals surface area contributed by atoms with Gasteiger partial charge >= 0.3 is 0 Å². The third kappa shape index (κ3) is 4.10. The molecule has 0 fully saturated rings. The molecule has 0 atom stereocenters. The molecule has 0 spiro atoms. The van der Waals surface area contributed by atoms with Crippen molar-refractivity contribution in [3.05, 3.63) is 76.7 Å². The number of aromatic amines is 1. The third-order valence-electron chi connectivity index (χ3n) is 4.35. The van der Waals surface area contributed by atoms with Gasteiger partial charge in [-0.2, -0.15) is 5.10 Å². The summed E-state index contributed by atoms with van der Waals surface area (Å²) in [5.74, 6) is -1.57. The lowest BCUT2D eigenvalue weighted by Crippen LogP contribution is -2.15. The zero-order valence-electron chi connectivity index (χ0n) is 15.8. The molecule has 1 amide bonds. The maximum Gasteiger partial charge on any atom is 0.260 e. The number of hydrogen-bond donors (Lipinski definition) is 2. The van der Waals surface area contributed by atoms with Crippen molar-refractivity contribution < 1.29 is 13.9 Å². The van der Waals surface area contributed by atoms with Crippen LogP contribution in [-0.4, -0.2) is 27.3 Å². The van der Waals surface area contributed by atoms with Crippen LogP contribution in [0.1, 0.15) is 15.9 Å². The number of thioether (sulfide) groups is 1. The molecular formula is C21H16ClFN4O2S. The van der Waals surface area contributed by atoms with Gasteiger partial charge in [0.05, 0.1) is 27.9 Å². The Bertz CT molecular complexity index is 1220. The molecule has 0 aliphatic heterocycles. The zero-order chi connectivity index (χ0) is 21.1. The van der Waals surface area contributed by atoms with Crippen molar-refractivity contribution in [1.82, 2.24) is 15.2 Å². The smallest absolute Gasteiger partial charge is 0.260 e. The molecule has 2 aromatic carbocycles. The van der Waals surface area contributed by atoms with Crippen molar-refractivity contribution in [3.8, 4) is 5.75 Å². The van der Waals surface area contributed by atoms with Crippen LogP contribution < -0.4 is 10.1 Å². The molecule has 2 aromatic heterocycles. The molecular weight excluding hydrogens is 427 g/mol. The summed E-state index contributed by atoms with van der Waals surface area (Å²) in [6, 6.07) is 13.9. The third-order valence-corrected chi connectivity index (χ3v) is 5.37. The van der Waals surface area contributed by atoms with Crippen molar-refractivity contribution in [2.75, 3.05) is 11.6 Å². The Morgan fingerprint density at radius 3 is 2.83 bits per heavy atom. The highest BCUT2D eigenvalue weighted by Crippen LogP contribution is 2.30. The molecule has 152 valence electrons. The molecule has 0 radical (unpaired) electrons. The monoisotopic (exact) mass is 442 g/mol. The lowest BCUT2D eigenvalue weighted by Gasteiger charge is -2.12. The van der Waals surface area contributed by atoms with Gasteiger partial charge in [-0.25, -0.2) is 9.37 Å². The first-order valence-corrected chi connectivity index (χ1v) is 10.5. The summed E-state index contributed by atoms with van der Waals surface area (Å²) in [4.78, 5) is 17.0. The van der Waals surface area contributed by atoms with E-state index in [4.69, 9.17) is 16.3 Å². The summed E-state index contributed by atoms with van der Waals surface area (Å²) < 4.78 is 20.6. The lowest BCUT2D eigenvalue weighted by molar-refractivity contribution is 0.102. The number of benzene rings is 2. The number of pyridine rings is 1. The van der Waals surface area contributed by atoms with Crippen molar-refractivity contribution in [2.24, 2.45) is 0 Å². The van der Waals surface area contributed by atoms with Crippen molar-refractivity contribution in [2.45, 2.75) is 11.6 Å². The van der Waals surface area contributed by atoms with Crippen LogP contribution in [0.5, 0.6) is 5.75 Å². The van der Waals surface area contributed by atoms with Crippen LogP contribution in [0.2, 0.25) is 5.02 Å². The lowest BCUT2D eigenvalue weighted by atomic mass is 10.1. The van der Waals surface area contributed by atoms with E-state index in [1.807, 2.05) is 36.6 Å². The predicted octanol–water partition coefficient (Wildman–Crippen LogP) is 5.30. The quantitative estimate of drug-likeness (QED) is 0.396. The average molecular weight is 443 g/mol. The van der Waals surface area contributed by atoms with Crippen LogP contribution in [-0.2, 0) is 6.61 Å². The number of carbonyl (C=O) groups is 1. The summed E-state index contributed by atoms with van der Waals surface area (Å²) in [5, 5.41) is 11.1. The van der Waals surface area contributed by atoms with Gasteiger partial charge in [-0.05, 0) is 30.0 Å². The Labute approximate surface area is 180 Å². The van der Waals surface area contributed by atoms with Gasteiger partial charge in [0, 0.05) is 0 Å². The van der Waals surface area contributed by atoms with Crippen LogP contribution >= 0.6 is 23.4 Å². The number of hydrogen-bond acceptors (Lipinski definition) is 5. The zero-order valence-corrected chi connectivity index (χ0v) is 17.4. The fourth-order valence-electron chi connectivity index (χ4n) is 2.89. The van der Waals surface area contributed by atoms with E-state index in [1.54, 1.807) is 6.07 Å². The van der Waals surface area contributed by atoms with Gasteiger partial charge in [-0.15, -0.1) is 11.8 Å². The summed E-state index contributed by atoms with van der Waals surface area (Å²) in [6.07, 6.45) is 3.35. The number of H-pyrrole nitrogens is 1. The minimum absolute atomic E-state index is 0.0146. The maximum atomic E-state index is 15.0. The molecule has 0 bridgehead atoms. The van der Waals surface area contributed by atoms with Crippen molar-refractivity contribution in [3.63, 3.8) is 0 Å². The summed E-state index contributed by atoms with van der Waals surface area (Å²) in [6.45, 7) is 0.166. The number of amides is 1. The van der Waals surface area contributed by atoms with Crippen molar-refractivity contribution in [1.29, 1.82) is 0 Å². The van der Waals surface area contributed by atoms with E-state index < -0.39 is 11.7 Å². The molecule has 0 aliphatic rings. The number of nitrogens with one attached hydrogen (secondary N) is 2. The summed E-state index contributed by atoms with van der Waals surface area (Å²) in [7, 11) is 0. The number of ether oxygens (including phenoxy) is 1. The van der Waals surface area contributed by atoms with Gasteiger partial charge in [0.15, 0.2) is 17.2 Å². The van der Waals surface area contributed by atoms with Crippen molar-refractivity contribution >= 4 is 46.0 Å². The highest BCUT2D eigenvalue weighted by Gasteiger charge is 2.21. The highest BCUT2D eigenvalue weighted by molar-refractivity contribution is 7.98. The second-order valence-corrected chi connectivity index (χ2v) is 7.52. The summed E-state index contributed by atoms with van der Waals surface area (Å²) in [5.41, 5.74) is 1.58. The SMILES string of the molecule is CSc1n[nH]c2ncc(NC(=O)c3c(Cl)ccc(OCc4ccccc4)c3F)cc12. The molecule has 0 unspecified atom stereocenters. The van der Waals surface area contributed by atoms with Gasteiger partial charge in [0.25, 0.3) is 5.91 Å². The van der Waals surface area contributed by atoms with E-state index in [-0.39, 0.29) is 22.9 Å². The molecule has 6 nitrogen and oxygen atoms in total. The van der Waals surface area contributed by atoms with Gasteiger partial charge in [-0.1, -0.05) is 41.9 Å². The first kappa shape index (κ1) is 20.2. The molecule has 0 aliphatic carbocycles. The molecule has 4 rings (SSSR count). The van der Waals surface area contributed by atoms with Crippen LogP contribution in [0.25, 0.3) is 11.0 Å². The second kappa shape index (κ2) is 8.73. The molecule has 2 N–H and O–H groups in total. The first-order valence-electron chi connectivity index (χ1n) is 8.91. The second-order valence-electron chi connectivity index (χ2n) is 6.32. The van der Waals surface area contributed by atoms with Gasteiger partial charge in [0.2, 0.25) is 0 Å². The Morgan fingerprint density at radius 1 is 1.27 bits per heavy atom.